The molecule has 0 spiro atoms. The Morgan fingerprint density at radius 3 is 2.41 bits per heavy atom. The zero-order valence-electron chi connectivity index (χ0n) is 14.8. The van der Waals surface area contributed by atoms with Crippen molar-refractivity contribution in [3.8, 4) is 5.75 Å². The Kier molecular flexibility index (Phi) is 6.79. The van der Waals surface area contributed by atoms with Gasteiger partial charge in [0.2, 0.25) is 5.91 Å². The van der Waals surface area contributed by atoms with Crippen LogP contribution in [0.4, 0.5) is 5.69 Å². The van der Waals surface area contributed by atoms with E-state index in [1.54, 1.807) is 18.2 Å². The Morgan fingerprint density at radius 2 is 1.81 bits per heavy atom. The molecule has 0 aliphatic heterocycles. The highest BCUT2D eigenvalue weighted by atomic mass is 35.5. The predicted octanol–water partition coefficient (Wildman–Crippen LogP) is 2.56. The van der Waals surface area contributed by atoms with E-state index < -0.39 is 23.9 Å². The molecule has 0 unspecified atom stereocenters. The molecule has 2 aromatic carbocycles. The number of halogens is 1. The smallest absolute Gasteiger partial charge is 0.311 e. The lowest BCUT2D eigenvalue weighted by Gasteiger charge is -2.14. The molecule has 2 amide bonds. The minimum absolute atomic E-state index is 0.0886. The van der Waals surface area contributed by atoms with Gasteiger partial charge in [0.15, 0.2) is 6.10 Å². The number of anilines is 1. The fourth-order valence-corrected chi connectivity index (χ4v) is 2.49. The number of primary amides is 1. The third-order valence-electron chi connectivity index (χ3n) is 3.69. The summed E-state index contributed by atoms with van der Waals surface area (Å²) in [5.74, 6) is -1.16. The van der Waals surface area contributed by atoms with E-state index in [0.29, 0.717) is 27.6 Å². The van der Waals surface area contributed by atoms with E-state index in [1.807, 2.05) is 0 Å². The number of benzene rings is 2. The van der Waals surface area contributed by atoms with Crippen molar-refractivity contribution < 1.29 is 23.9 Å². The van der Waals surface area contributed by atoms with E-state index in [0.717, 1.165) is 0 Å². The second-order valence-corrected chi connectivity index (χ2v) is 6.13. The number of carbonyl (C=O) groups is 3. The Morgan fingerprint density at radius 1 is 1.15 bits per heavy atom. The molecule has 0 aromatic heterocycles. The van der Waals surface area contributed by atoms with Crippen LogP contribution in [0.3, 0.4) is 0 Å². The summed E-state index contributed by atoms with van der Waals surface area (Å²) in [6, 6.07) is 10.9. The van der Waals surface area contributed by atoms with E-state index in [9.17, 15) is 14.4 Å². The van der Waals surface area contributed by atoms with Gasteiger partial charge >= 0.3 is 5.97 Å². The molecule has 3 N–H and O–H groups in total. The molecule has 1 atom stereocenters. The maximum absolute atomic E-state index is 12.2. The first-order chi connectivity index (χ1) is 12.8. The van der Waals surface area contributed by atoms with Gasteiger partial charge in [-0.1, -0.05) is 11.6 Å². The summed E-state index contributed by atoms with van der Waals surface area (Å²) in [6.45, 7) is 1.46. The zero-order chi connectivity index (χ0) is 20.0. The largest absolute Gasteiger partial charge is 0.496 e. The van der Waals surface area contributed by atoms with Crippen molar-refractivity contribution in [2.24, 2.45) is 5.73 Å². The monoisotopic (exact) mass is 390 g/mol. The van der Waals surface area contributed by atoms with Gasteiger partial charge < -0.3 is 20.5 Å². The third kappa shape index (κ3) is 5.72. The molecule has 0 aliphatic carbocycles. The van der Waals surface area contributed by atoms with Crippen LogP contribution in [0.15, 0.2) is 42.5 Å². The van der Waals surface area contributed by atoms with E-state index in [-0.39, 0.29) is 6.42 Å². The normalized spacial score (nSPS) is 11.4. The van der Waals surface area contributed by atoms with Gasteiger partial charge in [-0.3, -0.25) is 14.4 Å². The lowest BCUT2D eigenvalue weighted by atomic mass is 10.1. The zero-order valence-corrected chi connectivity index (χ0v) is 15.6. The Balaban J connectivity index is 1.94. The summed E-state index contributed by atoms with van der Waals surface area (Å²) >= 11 is 5.93. The van der Waals surface area contributed by atoms with Gasteiger partial charge in [0, 0.05) is 21.8 Å². The maximum atomic E-state index is 12.2. The minimum Gasteiger partial charge on any atom is -0.496 e. The maximum Gasteiger partial charge on any atom is 0.311 e. The number of amides is 2. The lowest BCUT2D eigenvalue weighted by molar-refractivity contribution is -0.152. The van der Waals surface area contributed by atoms with Gasteiger partial charge in [0.05, 0.1) is 13.5 Å². The Bertz CT molecular complexity index is 852. The summed E-state index contributed by atoms with van der Waals surface area (Å²) in [4.78, 5) is 35.3. The molecule has 0 saturated heterocycles. The van der Waals surface area contributed by atoms with Crippen molar-refractivity contribution in [3.05, 3.63) is 58.6 Å². The van der Waals surface area contributed by atoms with E-state index >= 15 is 0 Å². The fraction of sp³-hybridized carbons (Fsp3) is 0.211. The second kappa shape index (κ2) is 9.05. The average Bonchev–Trinajstić information content (AvgIpc) is 2.62. The molecule has 0 heterocycles. The van der Waals surface area contributed by atoms with Crippen molar-refractivity contribution in [1.82, 2.24) is 0 Å². The quantitative estimate of drug-likeness (QED) is 0.706. The molecule has 7 nitrogen and oxygen atoms in total. The number of esters is 1. The molecule has 2 rings (SSSR count). The van der Waals surface area contributed by atoms with Crippen molar-refractivity contribution >= 4 is 35.1 Å². The number of hydrogen-bond donors (Lipinski definition) is 2. The van der Waals surface area contributed by atoms with Crippen LogP contribution in [0.2, 0.25) is 5.02 Å². The van der Waals surface area contributed by atoms with Crippen LogP contribution in [-0.4, -0.2) is 31.0 Å². The summed E-state index contributed by atoms with van der Waals surface area (Å²) in [5, 5.41) is 3.06. The number of ether oxygens (including phenoxy) is 2. The summed E-state index contributed by atoms with van der Waals surface area (Å²) in [7, 11) is 1.48. The van der Waals surface area contributed by atoms with Crippen LogP contribution >= 0.6 is 11.6 Å². The molecule has 0 radical (unpaired) electrons. The van der Waals surface area contributed by atoms with E-state index in [2.05, 4.69) is 5.32 Å². The fourth-order valence-electron chi connectivity index (χ4n) is 2.29. The number of hydrogen-bond acceptors (Lipinski definition) is 5. The van der Waals surface area contributed by atoms with Gasteiger partial charge in [-0.15, -0.1) is 0 Å². The highest BCUT2D eigenvalue weighted by Crippen LogP contribution is 2.23. The van der Waals surface area contributed by atoms with Crippen LogP contribution < -0.4 is 15.8 Å². The molecule has 0 aliphatic rings. The van der Waals surface area contributed by atoms with E-state index in [1.165, 1.54) is 38.3 Å². The number of methoxy groups -OCH3 is 1. The van der Waals surface area contributed by atoms with Crippen molar-refractivity contribution in [3.63, 3.8) is 0 Å². The van der Waals surface area contributed by atoms with Gasteiger partial charge in [0.25, 0.3) is 5.91 Å². The molecule has 142 valence electrons. The second-order valence-electron chi connectivity index (χ2n) is 5.70. The topological polar surface area (TPSA) is 108 Å². The van der Waals surface area contributed by atoms with Crippen molar-refractivity contribution in [2.45, 2.75) is 19.4 Å². The summed E-state index contributed by atoms with van der Waals surface area (Å²) in [5.41, 5.74) is 6.49. The molecule has 27 heavy (non-hydrogen) atoms. The number of nitrogens with one attached hydrogen (secondary N) is 1. The third-order valence-corrected chi connectivity index (χ3v) is 3.93. The number of carbonyl (C=O) groups excluding carboxylic acids is 3. The standard InChI is InChI=1S/C19H19ClN2O5/c1-11(19(25)22-15-6-3-12(4-7-15)18(21)24)27-17(23)10-13-9-14(20)5-8-16(13)26-2/h3-9,11H,10H2,1-2H3,(H2,21,24)(H,22,25)/t11-/m1/s1. The van der Waals surface area contributed by atoms with Crippen LogP contribution in [0.1, 0.15) is 22.8 Å². The Hall–Kier alpha value is -3.06. The molecular weight excluding hydrogens is 372 g/mol. The van der Waals surface area contributed by atoms with Crippen LogP contribution in [0, 0.1) is 0 Å². The van der Waals surface area contributed by atoms with Gasteiger partial charge in [-0.25, -0.2) is 0 Å². The average molecular weight is 391 g/mol. The lowest BCUT2D eigenvalue weighted by Crippen LogP contribution is -2.30. The van der Waals surface area contributed by atoms with Crippen LogP contribution in [0.25, 0.3) is 0 Å². The number of rotatable bonds is 7. The number of nitrogens with two attached hydrogens (primary N) is 1. The van der Waals surface area contributed by atoms with Crippen LogP contribution in [0.5, 0.6) is 5.75 Å². The highest BCUT2D eigenvalue weighted by Gasteiger charge is 2.19. The van der Waals surface area contributed by atoms with Crippen molar-refractivity contribution in [1.29, 1.82) is 0 Å². The van der Waals surface area contributed by atoms with Crippen LogP contribution in [-0.2, 0) is 20.7 Å². The van der Waals surface area contributed by atoms with Crippen molar-refractivity contribution in [2.75, 3.05) is 12.4 Å². The van der Waals surface area contributed by atoms with Gasteiger partial charge in [-0.2, -0.15) is 0 Å². The first-order valence-electron chi connectivity index (χ1n) is 8.02. The minimum atomic E-state index is -1.02. The summed E-state index contributed by atoms with van der Waals surface area (Å²) in [6.07, 6.45) is -1.10. The van der Waals surface area contributed by atoms with Gasteiger partial charge in [-0.05, 0) is 49.4 Å². The molecule has 2 aromatic rings. The van der Waals surface area contributed by atoms with E-state index in [4.69, 9.17) is 26.8 Å². The molecule has 8 heteroatoms. The molecular formula is C19H19ClN2O5. The summed E-state index contributed by atoms with van der Waals surface area (Å²) < 4.78 is 10.3. The molecule has 0 saturated carbocycles. The first kappa shape index (κ1) is 20.3. The molecule has 0 bridgehead atoms. The predicted molar refractivity (Wildman–Crippen MR) is 101 cm³/mol. The SMILES string of the molecule is COc1ccc(Cl)cc1CC(=O)O[C@H](C)C(=O)Nc1ccc(C(N)=O)cc1. The first-order valence-corrected chi connectivity index (χ1v) is 8.40. The van der Waals surface area contributed by atoms with Gasteiger partial charge in [0.1, 0.15) is 5.75 Å². The highest BCUT2D eigenvalue weighted by molar-refractivity contribution is 6.30. The Labute approximate surface area is 161 Å². The molecule has 0 fully saturated rings.